The van der Waals surface area contributed by atoms with Gasteiger partial charge in [0.15, 0.2) is 0 Å². The Morgan fingerprint density at radius 2 is 1.95 bits per heavy atom. The average Bonchev–Trinajstić information content (AvgIpc) is 2.97. The molecule has 3 rings (SSSR count). The Bertz CT molecular complexity index is 644. The van der Waals surface area contributed by atoms with E-state index in [0.29, 0.717) is 0 Å². The first-order valence-electron chi connectivity index (χ1n) is 6.63. The zero-order valence-electron chi connectivity index (χ0n) is 10.8. The van der Waals surface area contributed by atoms with E-state index in [0.717, 1.165) is 25.2 Å². The lowest BCUT2D eigenvalue weighted by Crippen LogP contribution is -2.03. The van der Waals surface area contributed by atoms with Crippen molar-refractivity contribution in [2.24, 2.45) is 0 Å². The molecule has 1 aromatic heterocycles. The van der Waals surface area contributed by atoms with Gasteiger partial charge in [0.1, 0.15) is 5.82 Å². The van der Waals surface area contributed by atoms with Crippen molar-refractivity contribution in [3.63, 3.8) is 0 Å². The van der Waals surface area contributed by atoms with Crippen LogP contribution in [0.4, 0.5) is 5.69 Å². The van der Waals surface area contributed by atoms with Crippen LogP contribution in [0.3, 0.4) is 0 Å². The van der Waals surface area contributed by atoms with Crippen molar-refractivity contribution in [1.29, 1.82) is 0 Å². The van der Waals surface area contributed by atoms with Gasteiger partial charge in [-0.05, 0) is 29.3 Å². The molecule has 0 fully saturated rings. The normalized spacial score (nSPS) is 10.7. The third kappa shape index (κ3) is 2.94. The number of nitrogens with one attached hydrogen (secondary N) is 2. The van der Waals surface area contributed by atoms with Crippen LogP contribution in [-0.4, -0.2) is 16.5 Å². The molecule has 0 amide bonds. The number of imidazole rings is 1. The van der Waals surface area contributed by atoms with Gasteiger partial charge in [-0.1, -0.05) is 30.3 Å². The summed E-state index contributed by atoms with van der Waals surface area (Å²) in [6, 6.07) is 14.9. The summed E-state index contributed by atoms with van der Waals surface area (Å²) in [6.07, 6.45) is 5.71. The number of nitrogens with zero attached hydrogens (tertiary/aromatic N) is 1. The second-order valence-corrected chi connectivity index (χ2v) is 4.63. The standard InChI is InChI=1S/C16H17N3/c1-2-5-14-12-15(8-7-13(14)4-1)17-9-3-6-16-18-10-11-19-16/h1-2,4-5,7-8,10-12,17H,3,6,9H2,(H,18,19). The predicted octanol–water partition coefficient (Wildman–Crippen LogP) is 3.61. The van der Waals surface area contributed by atoms with E-state index in [9.17, 15) is 0 Å². The molecule has 19 heavy (non-hydrogen) atoms. The second kappa shape index (κ2) is 5.57. The highest BCUT2D eigenvalue weighted by Gasteiger charge is 1.97. The third-order valence-electron chi connectivity index (χ3n) is 3.22. The Balaban J connectivity index is 1.56. The van der Waals surface area contributed by atoms with E-state index in [2.05, 4.69) is 57.7 Å². The first-order chi connectivity index (χ1) is 9.42. The number of aromatic nitrogens is 2. The monoisotopic (exact) mass is 251 g/mol. The smallest absolute Gasteiger partial charge is 0.106 e. The molecule has 0 saturated heterocycles. The minimum Gasteiger partial charge on any atom is -0.385 e. The van der Waals surface area contributed by atoms with Crippen LogP contribution in [0.2, 0.25) is 0 Å². The van der Waals surface area contributed by atoms with Gasteiger partial charge in [-0.15, -0.1) is 0 Å². The lowest BCUT2D eigenvalue weighted by Gasteiger charge is -2.07. The molecule has 0 aliphatic heterocycles. The Morgan fingerprint density at radius 3 is 2.79 bits per heavy atom. The van der Waals surface area contributed by atoms with E-state index in [-0.39, 0.29) is 0 Å². The van der Waals surface area contributed by atoms with E-state index in [1.54, 1.807) is 6.20 Å². The molecule has 3 nitrogen and oxygen atoms in total. The fraction of sp³-hybridized carbons (Fsp3) is 0.188. The van der Waals surface area contributed by atoms with Gasteiger partial charge in [0.05, 0.1) is 0 Å². The molecule has 0 bridgehead atoms. The Kier molecular flexibility index (Phi) is 3.45. The first-order valence-corrected chi connectivity index (χ1v) is 6.63. The molecule has 0 aliphatic rings. The topological polar surface area (TPSA) is 40.7 Å². The Hall–Kier alpha value is -2.29. The molecule has 2 aromatic carbocycles. The summed E-state index contributed by atoms with van der Waals surface area (Å²) < 4.78 is 0. The van der Waals surface area contributed by atoms with Gasteiger partial charge in [0.2, 0.25) is 0 Å². The van der Waals surface area contributed by atoms with Gasteiger partial charge < -0.3 is 10.3 Å². The third-order valence-corrected chi connectivity index (χ3v) is 3.22. The number of H-pyrrole nitrogens is 1. The molecule has 0 saturated carbocycles. The fourth-order valence-corrected chi connectivity index (χ4v) is 2.22. The number of hydrogen-bond acceptors (Lipinski definition) is 2. The number of hydrogen-bond donors (Lipinski definition) is 2. The van der Waals surface area contributed by atoms with E-state index in [1.807, 2.05) is 6.20 Å². The van der Waals surface area contributed by atoms with Gasteiger partial charge in [0.25, 0.3) is 0 Å². The van der Waals surface area contributed by atoms with Crippen LogP contribution in [0.15, 0.2) is 54.9 Å². The molecule has 0 unspecified atom stereocenters. The van der Waals surface area contributed by atoms with E-state index < -0.39 is 0 Å². The van der Waals surface area contributed by atoms with Gasteiger partial charge in [-0.2, -0.15) is 0 Å². The van der Waals surface area contributed by atoms with Crippen molar-refractivity contribution < 1.29 is 0 Å². The predicted molar refractivity (Wildman–Crippen MR) is 79.3 cm³/mol. The highest BCUT2D eigenvalue weighted by molar-refractivity contribution is 5.85. The van der Waals surface area contributed by atoms with Gasteiger partial charge >= 0.3 is 0 Å². The average molecular weight is 251 g/mol. The van der Waals surface area contributed by atoms with Gasteiger partial charge in [-0.3, -0.25) is 0 Å². The largest absolute Gasteiger partial charge is 0.385 e. The van der Waals surface area contributed by atoms with Crippen LogP contribution in [-0.2, 0) is 6.42 Å². The summed E-state index contributed by atoms with van der Waals surface area (Å²) in [5.74, 6) is 1.06. The van der Waals surface area contributed by atoms with Crippen LogP contribution < -0.4 is 5.32 Å². The molecule has 0 spiro atoms. The lowest BCUT2D eigenvalue weighted by molar-refractivity contribution is 0.816. The number of rotatable bonds is 5. The van der Waals surface area contributed by atoms with Crippen LogP contribution in [0.1, 0.15) is 12.2 Å². The second-order valence-electron chi connectivity index (χ2n) is 4.63. The van der Waals surface area contributed by atoms with Crippen molar-refractivity contribution in [3.8, 4) is 0 Å². The van der Waals surface area contributed by atoms with E-state index in [1.165, 1.54) is 16.5 Å². The molecule has 0 atom stereocenters. The molecule has 2 N–H and O–H groups in total. The van der Waals surface area contributed by atoms with Crippen molar-refractivity contribution in [1.82, 2.24) is 9.97 Å². The highest BCUT2D eigenvalue weighted by Crippen LogP contribution is 2.18. The number of aromatic amines is 1. The molecule has 96 valence electrons. The van der Waals surface area contributed by atoms with Crippen molar-refractivity contribution >= 4 is 16.5 Å². The summed E-state index contributed by atoms with van der Waals surface area (Å²) in [5.41, 5.74) is 1.18. The Morgan fingerprint density at radius 1 is 1.05 bits per heavy atom. The molecule has 3 aromatic rings. The molecular weight excluding hydrogens is 234 g/mol. The fourth-order valence-electron chi connectivity index (χ4n) is 2.22. The van der Waals surface area contributed by atoms with Crippen LogP contribution in [0, 0.1) is 0 Å². The van der Waals surface area contributed by atoms with Crippen molar-refractivity contribution in [2.45, 2.75) is 12.8 Å². The molecule has 3 heteroatoms. The van der Waals surface area contributed by atoms with Crippen molar-refractivity contribution in [2.75, 3.05) is 11.9 Å². The molecular formula is C16H17N3. The number of fused-ring (bicyclic) bond motifs is 1. The SMILES string of the molecule is c1ccc2cc(NCCCc3ncc[nH]3)ccc2c1. The highest BCUT2D eigenvalue weighted by atomic mass is 14.9. The summed E-state index contributed by atoms with van der Waals surface area (Å²) in [5, 5.41) is 6.02. The summed E-state index contributed by atoms with van der Waals surface area (Å²) >= 11 is 0. The van der Waals surface area contributed by atoms with E-state index >= 15 is 0 Å². The Labute approximate surface area is 112 Å². The zero-order chi connectivity index (χ0) is 12.9. The summed E-state index contributed by atoms with van der Waals surface area (Å²) in [6.45, 7) is 0.957. The molecule has 1 heterocycles. The van der Waals surface area contributed by atoms with E-state index in [4.69, 9.17) is 0 Å². The van der Waals surface area contributed by atoms with Gasteiger partial charge in [0, 0.05) is 31.0 Å². The first kappa shape index (κ1) is 11.8. The summed E-state index contributed by atoms with van der Waals surface area (Å²) in [4.78, 5) is 7.34. The number of aryl methyl sites for hydroxylation is 1. The maximum absolute atomic E-state index is 4.22. The number of benzene rings is 2. The van der Waals surface area contributed by atoms with Crippen LogP contribution in [0.25, 0.3) is 10.8 Å². The maximum atomic E-state index is 4.22. The number of anilines is 1. The minimum atomic E-state index is 0.957. The molecule has 0 aliphatic carbocycles. The van der Waals surface area contributed by atoms with Gasteiger partial charge in [-0.25, -0.2) is 4.98 Å². The zero-order valence-corrected chi connectivity index (χ0v) is 10.8. The quantitative estimate of drug-likeness (QED) is 0.680. The maximum Gasteiger partial charge on any atom is 0.106 e. The lowest BCUT2D eigenvalue weighted by atomic mass is 10.1. The molecule has 0 radical (unpaired) electrons. The van der Waals surface area contributed by atoms with Crippen LogP contribution >= 0.6 is 0 Å². The summed E-state index contributed by atoms with van der Waals surface area (Å²) in [7, 11) is 0. The van der Waals surface area contributed by atoms with Crippen molar-refractivity contribution in [3.05, 3.63) is 60.7 Å². The minimum absolute atomic E-state index is 0.957. The van der Waals surface area contributed by atoms with Crippen LogP contribution in [0.5, 0.6) is 0 Å².